The minimum atomic E-state index is -0.157. The molecule has 0 aromatic heterocycles. The maximum absolute atomic E-state index is 5.36. The van der Waals surface area contributed by atoms with Gasteiger partial charge in [0.1, 0.15) is 0 Å². The van der Waals surface area contributed by atoms with Gasteiger partial charge >= 0.3 is 0 Å². The van der Waals surface area contributed by atoms with Crippen LogP contribution >= 0.6 is 0 Å². The molecule has 0 spiro atoms. The summed E-state index contributed by atoms with van der Waals surface area (Å²) in [5.41, 5.74) is 11.0. The van der Waals surface area contributed by atoms with E-state index < -0.39 is 0 Å². The van der Waals surface area contributed by atoms with Gasteiger partial charge in [-0.3, -0.25) is 0 Å². The minimum absolute atomic E-state index is 0.157. The van der Waals surface area contributed by atoms with Crippen LogP contribution < -0.4 is 11.5 Å². The van der Waals surface area contributed by atoms with Crippen LogP contribution in [0.25, 0.3) is 0 Å². The molecule has 0 saturated heterocycles. The van der Waals surface area contributed by atoms with Crippen LogP contribution in [0.3, 0.4) is 0 Å². The Morgan fingerprint density at radius 3 is 1.62 bits per heavy atom. The second-order valence-electron chi connectivity index (χ2n) is 3.43. The van der Waals surface area contributed by atoms with E-state index in [0.717, 1.165) is 6.42 Å². The van der Waals surface area contributed by atoms with E-state index >= 15 is 0 Å². The average Bonchev–Trinajstić information content (AvgIpc) is 1.21. The predicted molar refractivity (Wildman–Crippen MR) is 36.2 cm³/mol. The maximum Gasteiger partial charge on any atom is 0.0525 e. The zero-order valence-corrected chi connectivity index (χ0v) is 5.94. The molecule has 2 nitrogen and oxygen atoms in total. The largest absolute Gasteiger partial charge is 0.316 e. The van der Waals surface area contributed by atoms with Gasteiger partial charge in [-0.15, -0.1) is 0 Å². The third kappa shape index (κ3) is 5.92. The summed E-state index contributed by atoms with van der Waals surface area (Å²) in [4.78, 5) is 0. The lowest BCUT2D eigenvalue weighted by atomic mass is 9.91. The van der Waals surface area contributed by atoms with Crippen molar-refractivity contribution in [2.24, 2.45) is 16.9 Å². The highest BCUT2D eigenvalue weighted by atomic mass is 14.8. The van der Waals surface area contributed by atoms with Crippen molar-refractivity contribution in [1.29, 1.82) is 0 Å². The summed E-state index contributed by atoms with van der Waals surface area (Å²) >= 11 is 0. The Morgan fingerprint density at radius 2 is 1.62 bits per heavy atom. The summed E-state index contributed by atoms with van der Waals surface area (Å²) in [5.74, 6) is 0. The summed E-state index contributed by atoms with van der Waals surface area (Å²) in [5, 5.41) is 0. The van der Waals surface area contributed by atoms with Crippen molar-refractivity contribution < 1.29 is 0 Å². The Kier molecular flexibility index (Phi) is 2.44. The molecule has 2 heteroatoms. The zero-order valence-electron chi connectivity index (χ0n) is 5.94. The van der Waals surface area contributed by atoms with Gasteiger partial charge in [0, 0.05) is 0 Å². The maximum atomic E-state index is 5.36. The quantitative estimate of drug-likeness (QED) is 0.495. The Hall–Kier alpha value is -0.0800. The van der Waals surface area contributed by atoms with Crippen molar-refractivity contribution in [1.82, 2.24) is 0 Å². The van der Waals surface area contributed by atoms with Gasteiger partial charge in [-0.25, -0.2) is 0 Å². The first-order valence-corrected chi connectivity index (χ1v) is 2.93. The van der Waals surface area contributed by atoms with Crippen molar-refractivity contribution in [3.8, 4) is 0 Å². The van der Waals surface area contributed by atoms with Crippen molar-refractivity contribution in [3.63, 3.8) is 0 Å². The molecule has 0 aromatic carbocycles. The van der Waals surface area contributed by atoms with Gasteiger partial charge in [0.05, 0.1) is 6.17 Å². The van der Waals surface area contributed by atoms with Gasteiger partial charge in [-0.1, -0.05) is 20.8 Å². The Morgan fingerprint density at radius 1 is 1.25 bits per heavy atom. The number of hydrogen-bond donors (Lipinski definition) is 2. The third-order valence-electron chi connectivity index (χ3n) is 0.848. The van der Waals surface area contributed by atoms with Gasteiger partial charge < -0.3 is 11.5 Å². The van der Waals surface area contributed by atoms with Gasteiger partial charge in [0.25, 0.3) is 0 Å². The Labute approximate surface area is 51.2 Å². The molecule has 0 atom stereocenters. The monoisotopic (exact) mass is 116 g/mol. The van der Waals surface area contributed by atoms with Gasteiger partial charge in [0.2, 0.25) is 0 Å². The fourth-order valence-electron chi connectivity index (χ4n) is 0.707. The van der Waals surface area contributed by atoms with E-state index in [1.807, 2.05) is 0 Å². The first-order chi connectivity index (χ1) is 3.42. The lowest BCUT2D eigenvalue weighted by Gasteiger charge is -2.19. The highest BCUT2D eigenvalue weighted by Crippen LogP contribution is 2.17. The summed E-state index contributed by atoms with van der Waals surface area (Å²) in [7, 11) is 0. The van der Waals surface area contributed by atoms with Crippen LogP contribution in [-0.2, 0) is 0 Å². The fraction of sp³-hybridized carbons (Fsp3) is 1.00. The van der Waals surface area contributed by atoms with E-state index in [9.17, 15) is 0 Å². The van der Waals surface area contributed by atoms with E-state index in [2.05, 4.69) is 20.8 Å². The second kappa shape index (κ2) is 2.46. The van der Waals surface area contributed by atoms with E-state index in [4.69, 9.17) is 11.5 Å². The standard InChI is InChI=1S/C6H16N2/c1-6(2,3)4-5(7)8/h5H,4,7-8H2,1-3H3. The molecule has 0 heterocycles. The molecule has 4 N–H and O–H groups in total. The van der Waals surface area contributed by atoms with E-state index in [1.165, 1.54) is 0 Å². The molecular formula is C6H16N2. The number of nitrogens with two attached hydrogens (primary N) is 2. The molecule has 0 aliphatic heterocycles. The van der Waals surface area contributed by atoms with Crippen molar-refractivity contribution in [2.75, 3.05) is 0 Å². The lowest BCUT2D eigenvalue weighted by Crippen LogP contribution is -2.34. The summed E-state index contributed by atoms with van der Waals surface area (Å²) in [6.07, 6.45) is 0.725. The van der Waals surface area contributed by atoms with Crippen LogP contribution in [0.4, 0.5) is 0 Å². The molecule has 0 amide bonds. The molecule has 0 radical (unpaired) electrons. The molecule has 0 aliphatic rings. The molecule has 50 valence electrons. The smallest absolute Gasteiger partial charge is 0.0525 e. The van der Waals surface area contributed by atoms with E-state index in [0.29, 0.717) is 0 Å². The lowest BCUT2D eigenvalue weighted by molar-refractivity contribution is 0.343. The first kappa shape index (κ1) is 7.92. The SMILES string of the molecule is CC(C)(C)CC(N)N. The van der Waals surface area contributed by atoms with Crippen LogP contribution in [0.1, 0.15) is 27.2 Å². The molecule has 0 bridgehead atoms. The average molecular weight is 116 g/mol. The summed E-state index contributed by atoms with van der Waals surface area (Å²) in [6.45, 7) is 6.37. The molecule has 0 aromatic rings. The highest BCUT2D eigenvalue weighted by molar-refractivity contribution is 4.65. The molecule has 0 aliphatic carbocycles. The van der Waals surface area contributed by atoms with E-state index in [-0.39, 0.29) is 11.6 Å². The molecular weight excluding hydrogens is 100 g/mol. The molecule has 0 fully saturated rings. The number of hydrogen-bond acceptors (Lipinski definition) is 2. The van der Waals surface area contributed by atoms with Gasteiger partial charge in [-0.2, -0.15) is 0 Å². The highest BCUT2D eigenvalue weighted by Gasteiger charge is 2.11. The van der Waals surface area contributed by atoms with Gasteiger partial charge in [-0.05, 0) is 11.8 Å². The molecule has 8 heavy (non-hydrogen) atoms. The van der Waals surface area contributed by atoms with Crippen molar-refractivity contribution in [3.05, 3.63) is 0 Å². The van der Waals surface area contributed by atoms with Crippen LogP contribution in [0, 0.1) is 5.41 Å². The molecule has 0 unspecified atom stereocenters. The predicted octanol–water partition coefficient (Wildman–Crippen LogP) is 0.666. The van der Waals surface area contributed by atoms with Crippen molar-refractivity contribution >= 4 is 0 Å². The van der Waals surface area contributed by atoms with Crippen molar-refractivity contribution in [2.45, 2.75) is 33.4 Å². The zero-order chi connectivity index (χ0) is 6.78. The fourth-order valence-corrected chi connectivity index (χ4v) is 0.707. The van der Waals surface area contributed by atoms with Gasteiger partial charge in [0.15, 0.2) is 0 Å². The topological polar surface area (TPSA) is 52.0 Å². The number of rotatable bonds is 1. The van der Waals surface area contributed by atoms with Crippen LogP contribution in [0.2, 0.25) is 0 Å². The van der Waals surface area contributed by atoms with Crippen LogP contribution in [0.5, 0.6) is 0 Å². The minimum Gasteiger partial charge on any atom is -0.316 e. The summed E-state index contributed by atoms with van der Waals surface area (Å²) in [6, 6.07) is 0. The van der Waals surface area contributed by atoms with Crippen LogP contribution in [0.15, 0.2) is 0 Å². The van der Waals surface area contributed by atoms with E-state index in [1.54, 1.807) is 0 Å². The second-order valence-corrected chi connectivity index (χ2v) is 3.43. The first-order valence-electron chi connectivity index (χ1n) is 2.93. The Bertz CT molecular complexity index is 61.4. The molecule has 0 saturated carbocycles. The Balaban J connectivity index is 3.39. The normalized spacial score (nSPS) is 12.8. The molecule has 0 rings (SSSR count). The van der Waals surface area contributed by atoms with Crippen LogP contribution in [-0.4, -0.2) is 6.17 Å². The third-order valence-corrected chi connectivity index (χ3v) is 0.848. The summed E-state index contributed by atoms with van der Waals surface area (Å²) < 4.78 is 0.